The molecular formula is C22H34N6O5. The maximum atomic E-state index is 13.4. The second-order valence-electron chi connectivity index (χ2n) is 8.40. The minimum absolute atomic E-state index is 0.0833. The van der Waals surface area contributed by atoms with Gasteiger partial charge in [0.1, 0.15) is 6.04 Å². The molecule has 2 aliphatic rings. The number of hydroxylamine groups is 2. The molecule has 2 atom stereocenters. The van der Waals surface area contributed by atoms with Crippen LogP contribution in [0, 0.1) is 5.92 Å². The van der Waals surface area contributed by atoms with E-state index < -0.39 is 12.0 Å². The number of ether oxygens (including phenoxy) is 1. The Bertz CT molecular complexity index is 774. The molecule has 33 heavy (non-hydrogen) atoms. The van der Waals surface area contributed by atoms with E-state index in [1.54, 1.807) is 28.3 Å². The summed E-state index contributed by atoms with van der Waals surface area (Å²) in [5.41, 5.74) is 0. The molecule has 1 unspecified atom stereocenters. The van der Waals surface area contributed by atoms with Gasteiger partial charge in [-0.05, 0) is 12.5 Å². The Morgan fingerprint density at radius 1 is 1.21 bits per heavy atom. The van der Waals surface area contributed by atoms with Crippen molar-refractivity contribution in [3.63, 3.8) is 0 Å². The average Bonchev–Trinajstić information content (AvgIpc) is 2.88. The second kappa shape index (κ2) is 12.4. The highest BCUT2D eigenvalue weighted by molar-refractivity contribution is 5.89. The lowest BCUT2D eigenvalue weighted by Gasteiger charge is -2.41. The van der Waals surface area contributed by atoms with Crippen LogP contribution in [0.15, 0.2) is 18.5 Å². The Balaban J connectivity index is 1.64. The van der Waals surface area contributed by atoms with Crippen LogP contribution in [0.25, 0.3) is 0 Å². The maximum Gasteiger partial charge on any atom is 0.247 e. The molecule has 3 heterocycles. The molecule has 3 amide bonds. The molecule has 0 saturated carbocycles. The molecule has 1 aromatic rings. The van der Waals surface area contributed by atoms with Gasteiger partial charge in [-0.25, -0.2) is 15.0 Å². The number of amides is 3. The third kappa shape index (κ3) is 6.61. The Kier molecular flexibility index (Phi) is 9.37. The van der Waals surface area contributed by atoms with E-state index in [4.69, 9.17) is 4.74 Å². The van der Waals surface area contributed by atoms with Crippen LogP contribution in [0.3, 0.4) is 0 Å². The summed E-state index contributed by atoms with van der Waals surface area (Å²) in [6.45, 7) is 5.02. The van der Waals surface area contributed by atoms with E-state index >= 15 is 0 Å². The van der Waals surface area contributed by atoms with Crippen molar-refractivity contribution in [3.05, 3.63) is 18.5 Å². The van der Waals surface area contributed by atoms with Gasteiger partial charge in [0.05, 0.1) is 25.7 Å². The molecule has 1 N–H and O–H groups in total. The molecule has 0 radical (unpaired) electrons. The first-order valence-electron chi connectivity index (χ1n) is 11.6. The van der Waals surface area contributed by atoms with Crippen LogP contribution >= 0.6 is 0 Å². The smallest absolute Gasteiger partial charge is 0.247 e. The maximum absolute atomic E-state index is 13.4. The SMILES string of the molecule is CCCCC[C@H](CN(O)C=O)C(=O)N1CCOCC1C(=O)N1CCN(c2ncccn2)CC1. The molecule has 2 saturated heterocycles. The summed E-state index contributed by atoms with van der Waals surface area (Å²) < 4.78 is 5.56. The third-order valence-corrected chi connectivity index (χ3v) is 6.16. The van der Waals surface area contributed by atoms with Crippen molar-refractivity contribution in [1.29, 1.82) is 0 Å². The van der Waals surface area contributed by atoms with Crippen LogP contribution in [-0.4, -0.2) is 107 Å². The van der Waals surface area contributed by atoms with E-state index in [-0.39, 0.29) is 25.0 Å². The Morgan fingerprint density at radius 2 is 1.94 bits per heavy atom. The van der Waals surface area contributed by atoms with E-state index in [0.717, 1.165) is 19.3 Å². The van der Waals surface area contributed by atoms with Crippen LogP contribution in [0.1, 0.15) is 32.6 Å². The van der Waals surface area contributed by atoms with E-state index in [9.17, 15) is 19.6 Å². The lowest BCUT2D eigenvalue weighted by molar-refractivity contribution is -0.164. The number of hydrogen-bond donors (Lipinski definition) is 1. The zero-order chi connectivity index (χ0) is 23.6. The van der Waals surface area contributed by atoms with E-state index in [1.807, 2.05) is 4.90 Å². The lowest BCUT2D eigenvalue weighted by Crippen LogP contribution is -2.61. The number of unbranched alkanes of at least 4 members (excludes halogenated alkanes) is 2. The topological polar surface area (TPSA) is 119 Å². The number of rotatable bonds is 10. The normalized spacial score (nSPS) is 19.8. The Labute approximate surface area is 194 Å². The van der Waals surface area contributed by atoms with E-state index in [2.05, 4.69) is 16.9 Å². The van der Waals surface area contributed by atoms with Crippen molar-refractivity contribution in [3.8, 4) is 0 Å². The highest BCUT2D eigenvalue weighted by Gasteiger charge is 2.39. The minimum atomic E-state index is -0.706. The van der Waals surface area contributed by atoms with Crippen LogP contribution in [0.2, 0.25) is 0 Å². The van der Waals surface area contributed by atoms with Crippen molar-refractivity contribution < 1.29 is 24.3 Å². The molecule has 0 aliphatic carbocycles. The summed E-state index contributed by atoms with van der Waals surface area (Å²) in [5, 5.41) is 10.2. The summed E-state index contributed by atoms with van der Waals surface area (Å²) in [6, 6.07) is 1.06. The summed E-state index contributed by atoms with van der Waals surface area (Å²) >= 11 is 0. The molecule has 11 nitrogen and oxygen atoms in total. The quantitative estimate of drug-likeness (QED) is 0.230. The van der Waals surface area contributed by atoms with Crippen molar-refractivity contribution in [2.24, 2.45) is 5.92 Å². The molecule has 11 heteroatoms. The summed E-state index contributed by atoms with van der Waals surface area (Å²) in [6.07, 6.45) is 7.00. The summed E-state index contributed by atoms with van der Waals surface area (Å²) in [7, 11) is 0. The van der Waals surface area contributed by atoms with Gasteiger partial charge in [-0.3, -0.25) is 19.6 Å². The van der Waals surface area contributed by atoms with Gasteiger partial charge in [-0.1, -0.05) is 26.2 Å². The monoisotopic (exact) mass is 462 g/mol. The largest absolute Gasteiger partial charge is 0.377 e. The van der Waals surface area contributed by atoms with Gasteiger partial charge in [-0.15, -0.1) is 0 Å². The number of morpholine rings is 1. The van der Waals surface area contributed by atoms with Gasteiger partial charge in [0, 0.05) is 45.1 Å². The zero-order valence-electron chi connectivity index (χ0n) is 19.2. The number of hydrogen-bond acceptors (Lipinski definition) is 8. The van der Waals surface area contributed by atoms with Gasteiger partial charge in [0.15, 0.2) is 0 Å². The second-order valence-corrected chi connectivity index (χ2v) is 8.40. The van der Waals surface area contributed by atoms with Gasteiger partial charge in [0.25, 0.3) is 0 Å². The molecule has 0 aromatic carbocycles. The van der Waals surface area contributed by atoms with Crippen LogP contribution in [-0.2, 0) is 19.1 Å². The van der Waals surface area contributed by atoms with E-state index in [0.29, 0.717) is 63.2 Å². The molecule has 0 bridgehead atoms. The predicted octanol–water partition coefficient (Wildman–Crippen LogP) is 0.397. The number of aromatic nitrogens is 2. The standard InChI is InChI=1S/C22H34N6O5/c1-2-3-4-6-18(15-27(32)17-29)20(30)28-13-14-33-16-19(28)21(31)25-9-11-26(12-10-25)22-23-7-5-8-24-22/h5,7-8,17-19,32H,2-4,6,9-16H2,1H3/t18-,19?/m1/s1. The Hall–Kier alpha value is -2.79. The number of carbonyl (C=O) groups excluding carboxylic acids is 3. The van der Waals surface area contributed by atoms with Gasteiger partial charge in [0.2, 0.25) is 24.2 Å². The molecule has 0 spiro atoms. The van der Waals surface area contributed by atoms with Crippen LogP contribution in [0.5, 0.6) is 0 Å². The van der Waals surface area contributed by atoms with Crippen molar-refractivity contribution >= 4 is 24.2 Å². The molecule has 3 rings (SSSR count). The third-order valence-electron chi connectivity index (χ3n) is 6.16. The van der Waals surface area contributed by atoms with Crippen molar-refractivity contribution in [2.45, 2.75) is 38.6 Å². The fourth-order valence-electron chi connectivity index (χ4n) is 4.30. The highest BCUT2D eigenvalue weighted by atomic mass is 16.5. The van der Waals surface area contributed by atoms with Gasteiger partial charge in [-0.2, -0.15) is 0 Å². The number of piperazine rings is 1. The lowest BCUT2D eigenvalue weighted by atomic mass is 9.98. The van der Waals surface area contributed by atoms with E-state index in [1.165, 1.54) is 0 Å². The first kappa shape index (κ1) is 24.8. The van der Waals surface area contributed by atoms with Gasteiger partial charge >= 0.3 is 0 Å². The van der Waals surface area contributed by atoms with Gasteiger partial charge < -0.3 is 19.4 Å². The average molecular weight is 463 g/mol. The summed E-state index contributed by atoms with van der Waals surface area (Å²) in [4.78, 5) is 51.6. The number of anilines is 1. The fourth-order valence-corrected chi connectivity index (χ4v) is 4.30. The fraction of sp³-hybridized carbons (Fsp3) is 0.682. The Morgan fingerprint density at radius 3 is 2.61 bits per heavy atom. The first-order valence-corrected chi connectivity index (χ1v) is 11.6. The molecular weight excluding hydrogens is 428 g/mol. The molecule has 2 fully saturated rings. The number of carbonyl (C=O) groups is 3. The molecule has 182 valence electrons. The first-order chi connectivity index (χ1) is 16.0. The summed E-state index contributed by atoms with van der Waals surface area (Å²) in [5.74, 6) is -0.279. The molecule has 1 aromatic heterocycles. The van der Waals surface area contributed by atoms with Crippen LogP contribution in [0.4, 0.5) is 5.95 Å². The zero-order valence-corrected chi connectivity index (χ0v) is 19.2. The van der Waals surface area contributed by atoms with Crippen LogP contribution < -0.4 is 4.90 Å². The van der Waals surface area contributed by atoms with Crippen molar-refractivity contribution in [1.82, 2.24) is 24.8 Å². The van der Waals surface area contributed by atoms with Crippen molar-refractivity contribution in [2.75, 3.05) is 57.4 Å². The number of nitrogens with zero attached hydrogens (tertiary/aromatic N) is 6. The molecule has 2 aliphatic heterocycles. The predicted molar refractivity (Wildman–Crippen MR) is 119 cm³/mol. The highest BCUT2D eigenvalue weighted by Crippen LogP contribution is 2.20. The minimum Gasteiger partial charge on any atom is -0.377 e.